The molecule has 0 fully saturated rings. The number of fused-ring (bicyclic) bond motifs is 14. The first-order valence-corrected chi connectivity index (χ1v) is 13.3. The summed E-state index contributed by atoms with van der Waals surface area (Å²) in [6, 6.07) is 49.7. The lowest BCUT2D eigenvalue weighted by atomic mass is 9.90. The molecule has 0 aliphatic carbocycles. The van der Waals surface area contributed by atoms with Crippen molar-refractivity contribution in [1.82, 2.24) is 0 Å². The van der Waals surface area contributed by atoms with Gasteiger partial charge in [-0.05, 0) is 123 Å². The summed E-state index contributed by atoms with van der Waals surface area (Å²) in [6.07, 6.45) is 0. The lowest BCUT2D eigenvalue weighted by Crippen LogP contribution is -1.86. The highest BCUT2D eigenvalue weighted by atomic mass is 14.2. The first kappa shape index (κ1) is 20.2. The summed E-state index contributed by atoms with van der Waals surface area (Å²) < 4.78 is 0. The Balaban J connectivity index is 1.46. The quantitative estimate of drug-likeness (QED) is 0.150. The van der Waals surface area contributed by atoms with Crippen LogP contribution in [0.3, 0.4) is 0 Å². The average molecular weight is 479 g/mol. The van der Waals surface area contributed by atoms with Gasteiger partial charge in [0.25, 0.3) is 0 Å². The van der Waals surface area contributed by atoms with Crippen molar-refractivity contribution in [2.75, 3.05) is 0 Å². The first-order chi connectivity index (χ1) is 18.8. The topological polar surface area (TPSA) is 0 Å². The van der Waals surface area contributed by atoms with E-state index in [1.165, 1.54) is 86.2 Å². The van der Waals surface area contributed by atoms with Crippen LogP contribution in [0, 0.1) is 0 Å². The summed E-state index contributed by atoms with van der Waals surface area (Å²) in [5.74, 6) is 0. The molecule has 0 amide bonds. The molecular weight excluding hydrogens is 456 g/mol. The largest absolute Gasteiger partial charge is 0.0616 e. The Kier molecular flexibility index (Phi) is 3.88. The predicted octanol–water partition coefficient (Wildman–Crippen LogP) is 10.9. The van der Waals surface area contributed by atoms with Gasteiger partial charge in [0, 0.05) is 0 Å². The molecule has 174 valence electrons. The zero-order valence-electron chi connectivity index (χ0n) is 20.7. The van der Waals surface area contributed by atoms with Crippen LogP contribution in [0.5, 0.6) is 0 Å². The minimum atomic E-state index is 1.29. The van der Waals surface area contributed by atoms with Gasteiger partial charge in [-0.25, -0.2) is 0 Å². The Morgan fingerprint density at radius 2 is 0.368 bits per heavy atom. The Labute approximate surface area is 219 Å². The van der Waals surface area contributed by atoms with Crippen molar-refractivity contribution >= 4 is 86.2 Å². The second-order valence-corrected chi connectivity index (χ2v) is 10.5. The van der Waals surface area contributed by atoms with Gasteiger partial charge in [-0.2, -0.15) is 0 Å². The van der Waals surface area contributed by atoms with Gasteiger partial charge in [0.1, 0.15) is 0 Å². The maximum atomic E-state index is 2.40. The van der Waals surface area contributed by atoms with Crippen molar-refractivity contribution in [1.29, 1.82) is 0 Å². The SMILES string of the molecule is c1ccc2c(c1)c1ccccc1c1cc3cc4cc5c6ccccc6c6ccccc6c5cc4cc3cc21. The second-order valence-electron chi connectivity index (χ2n) is 10.5. The lowest BCUT2D eigenvalue weighted by Gasteiger charge is -2.14. The van der Waals surface area contributed by atoms with Gasteiger partial charge < -0.3 is 0 Å². The highest BCUT2D eigenvalue weighted by Crippen LogP contribution is 2.40. The molecule has 0 aliphatic heterocycles. The van der Waals surface area contributed by atoms with E-state index in [2.05, 4.69) is 133 Å². The molecule has 9 aromatic rings. The van der Waals surface area contributed by atoms with Crippen LogP contribution >= 0.6 is 0 Å². The van der Waals surface area contributed by atoms with Gasteiger partial charge in [0.2, 0.25) is 0 Å². The average Bonchev–Trinajstić information content (AvgIpc) is 2.99. The zero-order chi connectivity index (χ0) is 24.8. The summed E-state index contributed by atoms with van der Waals surface area (Å²) >= 11 is 0. The highest BCUT2D eigenvalue weighted by Gasteiger charge is 2.12. The van der Waals surface area contributed by atoms with Crippen molar-refractivity contribution in [3.8, 4) is 0 Å². The van der Waals surface area contributed by atoms with Crippen LogP contribution in [0.4, 0.5) is 0 Å². The smallest absolute Gasteiger partial charge is 0.00926 e. The molecule has 0 N–H and O–H groups in total. The normalized spacial score (nSPS) is 12.2. The van der Waals surface area contributed by atoms with Crippen molar-refractivity contribution in [3.05, 3.63) is 133 Å². The number of hydrogen-bond acceptors (Lipinski definition) is 0. The molecule has 0 heterocycles. The fourth-order valence-electron chi connectivity index (χ4n) is 6.80. The summed E-state index contributed by atoms with van der Waals surface area (Å²) in [5.41, 5.74) is 0. The summed E-state index contributed by atoms with van der Waals surface area (Å²) in [5, 5.41) is 21.0. The van der Waals surface area contributed by atoms with E-state index in [4.69, 9.17) is 0 Å². The van der Waals surface area contributed by atoms with Gasteiger partial charge in [0.05, 0.1) is 0 Å². The molecule has 38 heavy (non-hydrogen) atoms. The van der Waals surface area contributed by atoms with Gasteiger partial charge in [-0.3, -0.25) is 0 Å². The number of benzene rings is 9. The van der Waals surface area contributed by atoms with E-state index in [0.29, 0.717) is 0 Å². The van der Waals surface area contributed by atoms with Gasteiger partial charge >= 0.3 is 0 Å². The Morgan fingerprint density at radius 3 is 0.579 bits per heavy atom. The molecule has 0 heteroatoms. The van der Waals surface area contributed by atoms with Gasteiger partial charge in [0.15, 0.2) is 0 Å². The molecule has 0 bridgehead atoms. The van der Waals surface area contributed by atoms with Crippen LogP contribution in [0.2, 0.25) is 0 Å². The molecule has 9 rings (SSSR count). The molecule has 0 aliphatic rings. The van der Waals surface area contributed by atoms with Crippen LogP contribution in [-0.2, 0) is 0 Å². The molecule has 9 aromatic carbocycles. The maximum absolute atomic E-state index is 2.40. The number of rotatable bonds is 0. The van der Waals surface area contributed by atoms with Crippen LogP contribution in [0.15, 0.2) is 133 Å². The van der Waals surface area contributed by atoms with Crippen molar-refractivity contribution in [3.63, 3.8) is 0 Å². The van der Waals surface area contributed by atoms with Crippen molar-refractivity contribution in [2.45, 2.75) is 0 Å². The Bertz CT molecular complexity index is 2100. The predicted molar refractivity (Wildman–Crippen MR) is 166 cm³/mol. The molecule has 0 spiro atoms. The van der Waals surface area contributed by atoms with Crippen LogP contribution < -0.4 is 0 Å². The minimum absolute atomic E-state index is 1.29. The molecule has 0 saturated carbocycles. The summed E-state index contributed by atoms with van der Waals surface area (Å²) in [7, 11) is 0. The van der Waals surface area contributed by atoms with Crippen LogP contribution in [-0.4, -0.2) is 0 Å². The standard InChI is InChI=1S/C38H22/c1-5-13-31-27(9-1)28-10-2-6-14-32(28)36-20-24-18-26-22-38-34-16-8-4-12-30(34)29-11-3-7-15-33(29)37(38)21-25(26)17-23(24)19-35(31)36/h1-22H. The van der Waals surface area contributed by atoms with E-state index in [0.717, 1.165) is 0 Å². The molecule has 0 atom stereocenters. The molecule has 0 nitrogen and oxygen atoms in total. The zero-order valence-corrected chi connectivity index (χ0v) is 20.7. The monoisotopic (exact) mass is 478 g/mol. The maximum Gasteiger partial charge on any atom is -0.00926 e. The van der Waals surface area contributed by atoms with Gasteiger partial charge in [-0.15, -0.1) is 0 Å². The summed E-state index contributed by atoms with van der Waals surface area (Å²) in [4.78, 5) is 0. The van der Waals surface area contributed by atoms with E-state index in [1.54, 1.807) is 0 Å². The van der Waals surface area contributed by atoms with Crippen LogP contribution in [0.1, 0.15) is 0 Å². The fraction of sp³-hybridized carbons (Fsp3) is 0. The minimum Gasteiger partial charge on any atom is -0.0616 e. The van der Waals surface area contributed by atoms with Gasteiger partial charge in [-0.1, -0.05) is 97.1 Å². The summed E-state index contributed by atoms with van der Waals surface area (Å²) in [6.45, 7) is 0. The Hall–Kier alpha value is -4.94. The molecule has 0 aromatic heterocycles. The third kappa shape index (κ3) is 2.64. The molecule has 0 saturated heterocycles. The molecule has 0 radical (unpaired) electrons. The first-order valence-electron chi connectivity index (χ1n) is 13.3. The highest BCUT2D eigenvalue weighted by molar-refractivity contribution is 6.29. The third-order valence-electron chi connectivity index (χ3n) is 8.52. The van der Waals surface area contributed by atoms with Crippen molar-refractivity contribution < 1.29 is 0 Å². The number of hydrogen-bond donors (Lipinski definition) is 0. The van der Waals surface area contributed by atoms with E-state index in [-0.39, 0.29) is 0 Å². The second kappa shape index (κ2) is 7.31. The van der Waals surface area contributed by atoms with E-state index < -0.39 is 0 Å². The Morgan fingerprint density at radius 1 is 0.184 bits per heavy atom. The fourth-order valence-corrected chi connectivity index (χ4v) is 6.80. The van der Waals surface area contributed by atoms with Crippen molar-refractivity contribution in [2.24, 2.45) is 0 Å². The molecule has 0 unspecified atom stereocenters. The van der Waals surface area contributed by atoms with E-state index in [1.807, 2.05) is 0 Å². The van der Waals surface area contributed by atoms with E-state index in [9.17, 15) is 0 Å². The molecular formula is C38H22. The lowest BCUT2D eigenvalue weighted by molar-refractivity contribution is 1.78. The van der Waals surface area contributed by atoms with E-state index >= 15 is 0 Å². The van der Waals surface area contributed by atoms with Crippen LogP contribution in [0.25, 0.3) is 86.2 Å². The third-order valence-corrected chi connectivity index (χ3v) is 8.52.